The van der Waals surface area contributed by atoms with E-state index in [1.807, 2.05) is 36.4 Å². The highest BCUT2D eigenvalue weighted by Crippen LogP contribution is 2.64. The van der Waals surface area contributed by atoms with Crippen molar-refractivity contribution in [1.82, 2.24) is 0 Å². The summed E-state index contributed by atoms with van der Waals surface area (Å²) in [7, 11) is 0. The van der Waals surface area contributed by atoms with Crippen molar-refractivity contribution in [2.24, 2.45) is 11.8 Å². The molecule has 3 aliphatic carbocycles. The van der Waals surface area contributed by atoms with Gasteiger partial charge < -0.3 is 0 Å². The Morgan fingerprint density at radius 1 is 0.853 bits per heavy atom. The number of imide groups is 1. The van der Waals surface area contributed by atoms with Crippen molar-refractivity contribution in [3.8, 4) is 0 Å². The number of anilines is 1. The molecule has 1 fully saturated rings. The molecule has 4 nitrogen and oxygen atoms in total. The highest BCUT2D eigenvalue weighted by Gasteiger charge is 2.70. The van der Waals surface area contributed by atoms with Crippen LogP contribution in [0.4, 0.5) is 18.9 Å². The molecule has 0 aromatic heterocycles. The van der Waals surface area contributed by atoms with Crippen LogP contribution in [0, 0.1) is 11.8 Å². The maximum absolute atomic E-state index is 13.9. The Hall–Kier alpha value is -3.74. The molecule has 0 unspecified atom stereocenters. The summed E-state index contributed by atoms with van der Waals surface area (Å²) in [6.07, 6.45) is -4.62. The van der Waals surface area contributed by atoms with E-state index < -0.39 is 46.7 Å². The van der Waals surface area contributed by atoms with Gasteiger partial charge in [-0.1, -0.05) is 54.6 Å². The Morgan fingerprint density at radius 2 is 1.44 bits per heavy atom. The molecule has 34 heavy (non-hydrogen) atoms. The van der Waals surface area contributed by atoms with Gasteiger partial charge in [0.2, 0.25) is 11.8 Å². The van der Waals surface area contributed by atoms with Gasteiger partial charge in [-0.15, -0.1) is 0 Å². The Bertz CT molecular complexity index is 1360. The second-order valence-electron chi connectivity index (χ2n) is 9.08. The second kappa shape index (κ2) is 6.65. The van der Waals surface area contributed by atoms with E-state index in [0.717, 1.165) is 28.2 Å². The predicted octanol–water partition coefficient (Wildman–Crippen LogP) is 4.85. The smallest absolute Gasteiger partial charge is 0.299 e. The number of Topliss-reactive ketones (excluding diaryl/α,β-unsaturated/α-hetero) is 1. The zero-order valence-corrected chi connectivity index (χ0v) is 18.0. The summed E-state index contributed by atoms with van der Waals surface area (Å²) in [5.41, 5.74) is 0.547. The van der Waals surface area contributed by atoms with Crippen LogP contribution in [0.3, 0.4) is 0 Å². The molecule has 2 bridgehead atoms. The number of alkyl halides is 3. The lowest BCUT2D eigenvalue weighted by Gasteiger charge is -2.52. The van der Waals surface area contributed by atoms with Gasteiger partial charge in [0.15, 0.2) is 0 Å². The summed E-state index contributed by atoms with van der Waals surface area (Å²) < 4.78 is 40.1. The van der Waals surface area contributed by atoms with Crippen LogP contribution in [0.1, 0.15) is 40.7 Å². The van der Waals surface area contributed by atoms with Gasteiger partial charge >= 0.3 is 6.18 Å². The van der Waals surface area contributed by atoms with Crippen LogP contribution in [-0.4, -0.2) is 17.6 Å². The first-order chi connectivity index (χ1) is 16.2. The summed E-state index contributed by atoms with van der Waals surface area (Å²) in [5, 5.41) is 0. The van der Waals surface area contributed by atoms with Crippen molar-refractivity contribution < 1.29 is 27.6 Å². The van der Waals surface area contributed by atoms with Gasteiger partial charge in [-0.3, -0.25) is 14.4 Å². The maximum atomic E-state index is 13.9. The first kappa shape index (κ1) is 20.8. The van der Waals surface area contributed by atoms with Crippen LogP contribution in [0.5, 0.6) is 0 Å². The topological polar surface area (TPSA) is 54.5 Å². The van der Waals surface area contributed by atoms with Gasteiger partial charge in [-0.05, 0) is 47.4 Å². The summed E-state index contributed by atoms with van der Waals surface area (Å²) in [6, 6.07) is 18.9. The third-order valence-corrected chi connectivity index (χ3v) is 7.61. The molecule has 3 aromatic carbocycles. The average molecular weight is 461 g/mol. The molecule has 1 aliphatic heterocycles. The van der Waals surface area contributed by atoms with E-state index in [0.29, 0.717) is 11.1 Å². The third-order valence-electron chi connectivity index (χ3n) is 7.61. The molecule has 2 atom stereocenters. The molecule has 1 saturated heterocycles. The fourth-order valence-corrected chi connectivity index (χ4v) is 6.45. The van der Waals surface area contributed by atoms with Crippen LogP contribution in [0.15, 0.2) is 72.8 Å². The van der Waals surface area contributed by atoms with E-state index in [4.69, 9.17) is 0 Å². The molecule has 7 heteroatoms. The summed E-state index contributed by atoms with van der Waals surface area (Å²) in [6.45, 7) is 1.42. The van der Waals surface area contributed by atoms with Crippen LogP contribution >= 0.6 is 0 Å². The molecule has 170 valence electrons. The van der Waals surface area contributed by atoms with Crippen molar-refractivity contribution in [3.05, 3.63) is 101 Å². The zero-order valence-electron chi connectivity index (χ0n) is 18.0. The van der Waals surface area contributed by atoms with Gasteiger partial charge in [0.1, 0.15) is 5.78 Å². The van der Waals surface area contributed by atoms with E-state index in [1.54, 1.807) is 12.1 Å². The third kappa shape index (κ3) is 2.36. The summed E-state index contributed by atoms with van der Waals surface area (Å²) in [4.78, 5) is 42.0. The molecular formula is C27H18F3NO3. The summed E-state index contributed by atoms with van der Waals surface area (Å²) in [5.74, 6) is -3.86. The number of carbonyl (C=O) groups excluding carboxylic acids is 3. The number of rotatable bonds is 2. The minimum atomic E-state index is -4.62. The van der Waals surface area contributed by atoms with Gasteiger partial charge in [0.05, 0.1) is 28.5 Å². The Balaban J connectivity index is 1.62. The predicted molar refractivity (Wildman–Crippen MR) is 117 cm³/mol. The number of carbonyl (C=O) groups is 3. The molecule has 1 heterocycles. The molecule has 0 N–H and O–H groups in total. The number of benzene rings is 3. The lowest BCUT2D eigenvalue weighted by Crippen LogP contribution is -2.57. The SMILES string of the molecule is CC(=O)C12c3ccccc3C(c3ccccc31)[C@H]1C(=O)N(c3cccc(C(F)(F)F)c3)C(=O)[C@@H]12. The first-order valence-corrected chi connectivity index (χ1v) is 10.9. The number of halogens is 3. The zero-order chi connectivity index (χ0) is 24.0. The van der Waals surface area contributed by atoms with E-state index in [2.05, 4.69) is 0 Å². The normalized spacial score (nSPS) is 26.8. The Labute approximate surface area is 193 Å². The Morgan fingerprint density at radius 3 is 2.00 bits per heavy atom. The van der Waals surface area contributed by atoms with E-state index >= 15 is 0 Å². The van der Waals surface area contributed by atoms with Crippen molar-refractivity contribution >= 4 is 23.3 Å². The first-order valence-electron chi connectivity index (χ1n) is 10.9. The van der Waals surface area contributed by atoms with E-state index in [-0.39, 0.29) is 11.5 Å². The number of hydrogen-bond acceptors (Lipinski definition) is 3. The maximum Gasteiger partial charge on any atom is 0.416 e. The molecule has 7 rings (SSSR count). The summed E-state index contributed by atoms with van der Waals surface area (Å²) >= 11 is 0. The van der Waals surface area contributed by atoms with Crippen molar-refractivity contribution in [3.63, 3.8) is 0 Å². The van der Waals surface area contributed by atoms with Crippen LogP contribution in [-0.2, 0) is 26.0 Å². The van der Waals surface area contributed by atoms with Crippen LogP contribution in [0.25, 0.3) is 0 Å². The van der Waals surface area contributed by atoms with Crippen LogP contribution < -0.4 is 4.90 Å². The van der Waals surface area contributed by atoms with Crippen molar-refractivity contribution in [1.29, 1.82) is 0 Å². The largest absolute Gasteiger partial charge is 0.416 e. The fourth-order valence-electron chi connectivity index (χ4n) is 6.45. The molecule has 0 radical (unpaired) electrons. The highest BCUT2D eigenvalue weighted by atomic mass is 19.4. The number of ketones is 1. The lowest BCUT2D eigenvalue weighted by molar-refractivity contribution is -0.137. The molecule has 4 aliphatic rings. The monoisotopic (exact) mass is 461 g/mol. The highest BCUT2D eigenvalue weighted by molar-refractivity contribution is 6.25. The number of hydrogen-bond donors (Lipinski definition) is 0. The van der Waals surface area contributed by atoms with Gasteiger partial charge in [-0.2, -0.15) is 13.2 Å². The number of nitrogens with zero attached hydrogens (tertiary/aromatic N) is 1. The Kier molecular flexibility index (Phi) is 4.08. The molecule has 3 aromatic rings. The van der Waals surface area contributed by atoms with E-state index in [1.165, 1.54) is 19.1 Å². The lowest BCUT2D eigenvalue weighted by atomic mass is 9.46. The standard InChI is InChI=1S/C27H18F3NO3/c1-14(32)26-19-11-4-2-9-17(19)21(18-10-3-5-12-20(18)26)22-23(26)25(34)31(24(22)33)16-8-6-7-15(13-16)27(28,29)30/h2-13,21-23H,1H3/t21?,22-,23-,26?/m1/s1. The van der Waals surface area contributed by atoms with Gasteiger partial charge in [-0.25, -0.2) is 4.90 Å². The van der Waals surface area contributed by atoms with E-state index in [9.17, 15) is 27.6 Å². The van der Waals surface area contributed by atoms with Crippen LogP contribution in [0.2, 0.25) is 0 Å². The molecule has 0 saturated carbocycles. The minimum absolute atomic E-state index is 0.134. The molecule has 0 spiro atoms. The molecule has 2 amide bonds. The number of amides is 2. The minimum Gasteiger partial charge on any atom is -0.299 e. The average Bonchev–Trinajstić information content (AvgIpc) is 3.09. The van der Waals surface area contributed by atoms with Gasteiger partial charge in [0, 0.05) is 5.92 Å². The molecular weight excluding hydrogens is 443 g/mol. The van der Waals surface area contributed by atoms with Crippen molar-refractivity contribution in [2.75, 3.05) is 4.90 Å². The quantitative estimate of drug-likeness (QED) is 0.513. The van der Waals surface area contributed by atoms with Gasteiger partial charge in [0.25, 0.3) is 0 Å². The second-order valence-corrected chi connectivity index (χ2v) is 9.08. The van der Waals surface area contributed by atoms with Crippen molar-refractivity contribution in [2.45, 2.75) is 24.4 Å². The fraction of sp³-hybridized carbons (Fsp3) is 0.222.